The second-order valence-electron chi connectivity index (χ2n) is 6.22. The molecule has 0 aliphatic carbocycles. The lowest BCUT2D eigenvalue weighted by molar-refractivity contribution is 0.315. The fourth-order valence-electron chi connectivity index (χ4n) is 3.22. The molecule has 0 radical (unpaired) electrons. The van der Waals surface area contributed by atoms with Crippen LogP contribution in [0.15, 0.2) is 41.2 Å². The summed E-state index contributed by atoms with van der Waals surface area (Å²) in [5.41, 5.74) is 1.72. The molecule has 0 amide bonds. The van der Waals surface area contributed by atoms with Crippen molar-refractivity contribution in [1.29, 1.82) is 0 Å². The molecule has 144 valence electrons. The molecule has 0 unspecified atom stereocenters. The number of para-hydroxylation sites is 1. The summed E-state index contributed by atoms with van der Waals surface area (Å²) in [4.78, 5) is 20.1. The maximum atomic E-state index is 12.8. The largest absolute Gasteiger partial charge is 0.497 e. The Morgan fingerprint density at radius 2 is 2.00 bits per heavy atom. The van der Waals surface area contributed by atoms with Gasteiger partial charge in [-0.3, -0.25) is 4.79 Å². The normalized spacial score (nSPS) is 11.8. The number of nitrogens with zero attached hydrogens (tertiary/aromatic N) is 1. The zero-order valence-corrected chi connectivity index (χ0v) is 15.9. The van der Waals surface area contributed by atoms with Crippen LogP contribution in [0, 0.1) is 0 Å². The van der Waals surface area contributed by atoms with Crippen LogP contribution in [0.5, 0.6) is 28.9 Å². The second-order valence-corrected chi connectivity index (χ2v) is 6.22. The molecule has 2 aromatic carbocycles. The summed E-state index contributed by atoms with van der Waals surface area (Å²) < 4.78 is 22.4. The van der Waals surface area contributed by atoms with Gasteiger partial charge in [0.25, 0.3) is 5.56 Å². The van der Waals surface area contributed by atoms with Crippen LogP contribution in [-0.2, 0) is 6.42 Å². The number of hydrogen-bond donors (Lipinski definition) is 1. The van der Waals surface area contributed by atoms with Crippen LogP contribution in [0.25, 0.3) is 11.4 Å². The maximum absolute atomic E-state index is 12.8. The molecule has 0 bridgehead atoms. The predicted molar refractivity (Wildman–Crippen MR) is 104 cm³/mol. The third-order valence-electron chi connectivity index (χ3n) is 4.57. The van der Waals surface area contributed by atoms with Gasteiger partial charge in [0.05, 0.1) is 32.0 Å². The number of aromatic nitrogens is 2. The third kappa shape index (κ3) is 3.05. The zero-order valence-electron chi connectivity index (χ0n) is 15.9. The molecule has 0 atom stereocenters. The molecule has 3 aromatic rings. The molecule has 7 nitrogen and oxygen atoms in total. The molecule has 1 N–H and O–H groups in total. The van der Waals surface area contributed by atoms with E-state index in [1.54, 1.807) is 32.4 Å². The smallest absolute Gasteiger partial charge is 0.258 e. The standard InChI is InChI=1S/C21H20N2O5/c1-4-27-17-7-5-6-12-10-15-20(24)22-19(23-21(15)28-18(12)17)14-11-13(25-2)8-9-16(14)26-3/h5-9,11H,4,10H2,1-3H3,(H,22,23,24). The van der Waals surface area contributed by atoms with Gasteiger partial charge in [0, 0.05) is 12.0 Å². The number of nitrogens with one attached hydrogen (secondary N) is 1. The number of aromatic amines is 1. The number of methoxy groups -OCH3 is 2. The van der Waals surface area contributed by atoms with E-state index in [1.165, 1.54) is 0 Å². The fraction of sp³-hybridized carbons (Fsp3) is 0.238. The first-order chi connectivity index (χ1) is 13.6. The number of fused-ring (bicyclic) bond motifs is 2. The van der Waals surface area contributed by atoms with Gasteiger partial charge in [-0.15, -0.1) is 0 Å². The maximum Gasteiger partial charge on any atom is 0.258 e. The first-order valence-corrected chi connectivity index (χ1v) is 8.92. The third-order valence-corrected chi connectivity index (χ3v) is 4.57. The molecule has 0 saturated heterocycles. The van der Waals surface area contributed by atoms with Crippen molar-refractivity contribution in [3.05, 3.63) is 57.9 Å². The number of hydrogen-bond acceptors (Lipinski definition) is 6. The number of H-pyrrole nitrogens is 1. The van der Waals surface area contributed by atoms with Crippen molar-refractivity contribution in [2.75, 3.05) is 20.8 Å². The average Bonchev–Trinajstić information content (AvgIpc) is 2.72. The van der Waals surface area contributed by atoms with Gasteiger partial charge in [0.2, 0.25) is 5.88 Å². The van der Waals surface area contributed by atoms with Gasteiger partial charge < -0.3 is 23.9 Å². The summed E-state index contributed by atoms with van der Waals surface area (Å²) >= 11 is 0. The summed E-state index contributed by atoms with van der Waals surface area (Å²) in [6, 6.07) is 10.9. The Bertz CT molecular complexity index is 1090. The molecule has 7 heteroatoms. The highest BCUT2D eigenvalue weighted by Gasteiger charge is 2.25. The van der Waals surface area contributed by atoms with E-state index in [1.807, 2.05) is 25.1 Å². The summed E-state index contributed by atoms with van der Waals surface area (Å²) in [5, 5.41) is 0. The first-order valence-electron chi connectivity index (χ1n) is 8.92. The molecule has 2 heterocycles. The summed E-state index contributed by atoms with van der Waals surface area (Å²) in [6.07, 6.45) is 0.420. The Labute approximate surface area is 161 Å². The second kappa shape index (κ2) is 7.26. The molecule has 4 rings (SSSR count). The van der Waals surface area contributed by atoms with Crippen LogP contribution >= 0.6 is 0 Å². The molecule has 1 aromatic heterocycles. The summed E-state index contributed by atoms with van der Waals surface area (Å²) in [6.45, 7) is 2.42. The molecule has 1 aliphatic rings. The SMILES string of the molecule is CCOc1cccc2c1Oc1nc(-c3cc(OC)ccc3OC)[nH]c(=O)c1C2. The van der Waals surface area contributed by atoms with E-state index in [2.05, 4.69) is 9.97 Å². The monoisotopic (exact) mass is 380 g/mol. The van der Waals surface area contributed by atoms with E-state index in [-0.39, 0.29) is 11.4 Å². The highest BCUT2D eigenvalue weighted by atomic mass is 16.5. The van der Waals surface area contributed by atoms with E-state index < -0.39 is 0 Å². The first kappa shape index (κ1) is 17.9. The molecular weight excluding hydrogens is 360 g/mol. The molecule has 0 fully saturated rings. The number of rotatable bonds is 5. The van der Waals surface area contributed by atoms with Crippen molar-refractivity contribution in [1.82, 2.24) is 9.97 Å². The Morgan fingerprint density at radius 3 is 2.75 bits per heavy atom. The molecule has 1 aliphatic heterocycles. The van der Waals surface area contributed by atoms with E-state index in [4.69, 9.17) is 18.9 Å². The minimum Gasteiger partial charge on any atom is -0.497 e. The topological polar surface area (TPSA) is 82.7 Å². The van der Waals surface area contributed by atoms with E-state index >= 15 is 0 Å². The van der Waals surface area contributed by atoms with Gasteiger partial charge >= 0.3 is 0 Å². The van der Waals surface area contributed by atoms with Crippen molar-refractivity contribution >= 4 is 0 Å². The van der Waals surface area contributed by atoms with Gasteiger partial charge in [0.1, 0.15) is 17.3 Å². The van der Waals surface area contributed by atoms with Gasteiger partial charge in [-0.1, -0.05) is 12.1 Å². The Hall–Kier alpha value is -3.48. The minimum absolute atomic E-state index is 0.252. The highest BCUT2D eigenvalue weighted by molar-refractivity contribution is 5.67. The molecule has 0 spiro atoms. The van der Waals surface area contributed by atoms with Crippen molar-refractivity contribution in [2.45, 2.75) is 13.3 Å². The van der Waals surface area contributed by atoms with Crippen LogP contribution in [0.2, 0.25) is 0 Å². The number of benzene rings is 2. The highest BCUT2D eigenvalue weighted by Crippen LogP contribution is 2.41. The van der Waals surface area contributed by atoms with Gasteiger partial charge in [-0.2, -0.15) is 4.98 Å². The lowest BCUT2D eigenvalue weighted by Crippen LogP contribution is -2.20. The van der Waals surface area contributed by atoms with Gasteiger partial charge in [-0.25, -0.2) is 0 Å². The van der Waals surface area contributed by atoms with Crippen LogP contribution in [0.4, 0.5) is 0 Å². The van der Waals surface area contributed by atoms with Crippen LogP contribution in [-0.4, -0.2) is 30.8 Å². The Morgan fingerprint density at radius 1 is 1.14 bits per heavy atom. The van der Waals surface area contributed by atoms with E-state index in [0.717, 1.165) is 5.56 Å². The van der Waals surface area contributed by atoms with Crippen LogP contribution in [0.1, 0.15) is 18.1 Å². The molecular formula is C21H20N2O5. The molecule has 0 saturated carbocycles. The fourth-order valence-corrected chi connectivity index (χ4v) is 3.22. The van der Waals surface area contributed by atoms with Crippen molar-refractivity contribution in [3.63, 3.8) is 0 Å². The minimum atomic E-state index is -0.252. The zero-order chi connectivity index (χ0) is 19.7. The van der Waals surface area contributed by atoms with Crippen molar-refractivity contribution in [3.8, 4) is 40.3 Å². The average molecular weight is 380 g/mol. The van der Waals surface area contributed by atoms with E-state index in [0.29, 0.717) is 53.0 Å². The van der Waals surface area contributed by atoms with Crippen LogP contribution < -0.4 is 24.5 Å². The molecule has 28 heavy (non-hydrogen) atoms. The quantitative estimate of drug-likeness (QED) is 0.570. The lowest BCUT2D eigenvalue weighted by Gasteiger charge is -2.21. The number of ether oxygens (including phenoxy) is 4. The Kier molecular flexibility index (Phi) is 4.65. The van der Waals surface area contributed by atoms with Gasteiger partial charge in [-0.05, 0) is 31.2 Å². The lowest BCUT2D eigenvalue weighted by atomic mass is 10.0. The van der Waals surface area contributed by atoms with Crippen molar-refractivity contribution in [2.24, 2.45) is 0 Å². The summed E-state index contributed by atoms with van der Waals surface area (Å²) in [5.74, 6) is 3.03. The van der Waals surface area contributed by atoms with Crippen molar-refractivity contribution < 1.29 is 18.9 Å². The van der Waals surface area contributed by atoms with E-state index in [9.17, 15) is 4.79 Å². The predicted octanol–water partition coefficient (Wildman–Crippen LogP) is 3.55. The summed E-state index contributed by atoms with van der Waals surface area (Å²) in [7, 11) is 3.13. The Balaban J connectivity index is 1.83. The van der Waals surface area contributed by atoms with Crippen LogP contribution in [0.3, 0.4) is 0 Å². The van der Waals surface area contributed by atoms with Gasteiger partial charge in [0.15, 0.2) is 11.5 Å².